The predicted octanol–water partition coefficient (Wildman–Crippen LogP) is 3.64. The van der Waals surface area contributed by atoms with Crippen LogP contribution in [0.2, 0.25) is 0 Å². The van der Waals surface area contributed by atoms with E-state index in [-0.39, 0.29) is 36.5 Å². The molecule has 34 heavy (non-hydrogen) atoms. The molecule has 0 spiro atoms. The van der Waals surface area contributed by atoms with Crippen LogP contribution in [0.4, 0.5) is 0 Å². The number of carbonyl (C=O) groups excluding carboxylic acids is 4. The number of unbranched alkanes of at least 4 members (excludes halogenated alkanes) is 9. The highest BCUT2D eigenvalue weighted by molar-refractivity contribution is 5.97. The molecule has 8 nitrogen and oxygen atoms in total. The number of hydrogen-bond donors (Lipinski definition) is 2. The largest absolute Gasteiger partial charge is 0.356 e. The van der Waals surface area contributed by atoms with Crippen molar-refractivity contribution < 1.29 is 19.2 Å². The van der Waals surface area contributed by atoms with Crippen molar-refractivity contribution in [2.24, 2.45) is 0 Å². The highest BCUT2D eigenvalue weighted by Gasteiger charge is 2.14. The maximum absolute atomic E-state index is 12.1. The maximum Gasteiger partial charge on any atom is 0.231 e. The first-order valence-electron chi connectivity index (χ1n) is 13.3. The Balaban J connectivity index is 3.77. The fourth-order valence-electron chi connectivity index (χ4n) is 3.53. The van der Waals surface area contributed by atoms with Crippen LogP contribution in [0.1, 0.15) is 104 Å². The lowest BCUT2D eigenvalue weighted by Crippen LogP contribution is -2.35. The summed E-state index contributed by atoms with van der Waals surface area (Å²) in [7, 11) is 3.49. The molecule has 0 aliphatic rings. The second kappa shape index (κ2) is 21.4. The number of rotatable bonds is 21. The van der Waals surface area contributed by atoms with E-state index in [4.69, 9.17) is 0 Å². The lowest BCUT2D eigenvalue weighted by molar-refractivity contribution is -0.136. The molecule has 0 aromatic rings. The molecule has 8 heteroatoms. The molecule has 0 bridgehead atoms. The molecule has 0 rings (SSSR count). The minimum atomic E-state index is -0.268. The van der Waals surface area contributed by atoms with Crippen molar-refractivity contribution >= 4 is 23.6 Å². The van der Waals surface area contributed by atoms with Gasteiger partial charge in [-0.05, 0) is 25.7 Å². The number of amides is 4. The number of hydrogen-bond acceptors (Lipinski definition) is 4. The third-order valence-electron chi connectivity index (χ3n) is 5.92. The third kappa shape index (κ3) is 18.3. The Morgan fingerprint density at radius 2 is 0.882 bits per heavy atom. The topological polar surface area (TPSA) is 98.8 Å². The van der Waals surface area contributed by atoms with Crippen LogP contribution in [0.15, 0.2) is 0 Å². The Bertz CT molecular complexity index is 533. The molecule has 0 atom stereocenters. The summed E-state index contributed by atoms with van der Waals surface area (Å²) in [6.45, 7) is 6.64. The van der Waals surface area contributed by atoms with Crippen molar-refractivity contribution in [3.8, 4) is 0 Å². The zero-order valence-corrected chi connectivity index (χ0v) is 22.3. The Labute approximate surface area is 207 Å². The minimum absolute atomic E-state index is 0.129. The second-order valence-corrected chi connectivity index (χ2v) is 9.22. The SMILES string of the molecule is CCCCCCCN(C)C(=O)CC(=O)NCCCCNC(=O)CC(=O)N(C)CCCCCCC. The van der Waals surface area contributed by atoms with Gasteiger partial charge in [-0.25, -0.2) is 0 Å². The standard InChI is InChI=1S/C26H50N4O4/c1-5-7-9-11-15-19-29(3)25(33)21-23(31)27-17-13-14-18-28-24(32)22-26(34)30(4)20-16-12-10-8-6-2/h5-22H2,1-4H3,(H,27,31)(H,28,32). The molecule has 2 N–H and O–H groups in total. The van der Waals surface area contributed by atoms with Gasteiger partial charge in [0.25, 0.3) is 0 Å². The lowest BCUT2D eigenvalue weighted by Gasteiger charge is -2.17. The van der Waals surface area contributed by atoms with E-state index in [1.807, 2.05) is 0 Å². The lowest BCUT2D eigenvalue weighted by atomic mass is 10.1. The van der Waals surface area contributed by atoms with Gasteiger partial charge in [0.1, 0.15) is 12.8 Å². The van der Waals surface area contributed by atoms with Crippen LogP contribution < -0.4 is 10.6 Å². The predicted molar refractivity (Wildman–Crippen MR) is 137 cm³/mol. The van der Waals surface area contributed by atoms with Crippen molar-refractivity contribution in [2.75, 3.05) is 40.3 Å². The maximum atomic E-state index is 12.1. The van der Waals surface area contributed by atoms with Crippen LogP contribution >= 0.6 is 0 Å². The molecule has 0 saturated carbocycles. The van der Waals surface area contributed by atoms with Crippen molar-refractivity contribution in [3.05, 3.63) is 0 Å². The number of nitrogens with zero attached hydrogens (tertiary/aromatic N) is 2. The molecule has 0 fully saturated rings. The van der Waals surface area contributed by atoms with E-state index in [2.05, 4.69) is 24.5 Å². The Morgan fingerprint density at radius 1 is 0.529 bits per heavy atom. The summed E-state index contributed by atoms with van der Waals surface area (Å²) in [5, 5.41) is 5.52. The van der Waals surface area contributed by atoms with E-state index in [1.54, 1.807) is 23.9 Å². The van der Waals surface area contributed by atoms with Crippen LogP contribution in [0.3, 0.4) is 0 Å². The average Bonchev–Trinajstić information content (AvgIpc) is 2.80. The Kier molecular flexibility index (Phi) is 20.1. The smallest absolute Gasteiger partial charge is 0.231 e. The highest BCUT2D eigenvalue weighted by Crippen LogP contribution is 2.05. The third-order valence-corrected chi connectivity index (χ3v) is 5.92. The van der Waals surface area contributed by atoms with Gasteiger partial charge in [-0.2, -0.15) is 0 Å². The van der Waals surface area contributed by atoms with Crippen LogP contribution in [-0.2, 0) is 19.2 Å². The molecule has 0 unspecified atom stereocenters. The van der Waals surface area contributed by atoms with Crippen molar-refractivity contribution in [1.82, 2.24) is 20.4 Å². The van der Waals surface area contributed by atoms with E-state index in [9.17, 15) is 19.2 Å². The summed E-state index contributed by atoms with van der Waals surface area (Å²) in [6, 6.07) is 0. The van der Waals surface area contributed by atoms with Gasteiger partial charge in [-0.15, -0.1) is 0 Å². The minimum Gasteiger partial charge on any atom is -0.356 e. The van der Waals surface area contributed by atoms with E-state index < -0.39 is 0 Å². The summed E-state index contributed by atoms with van der Waals surface area (Å²) in [5.41, 5.74) is 0. The zero-order chi connectivity index (χ0) is 25.6. The van der Waals surface area contributed by atoms with E-state index >= 15 is 0 Å². The first-order chi connectivity index (χ1) is 16.3. The molecule has 0 radical (unpaired) electrons. The van der Waals surface area contributed by atoms with Gasteiger partial charge in [0.2, 0.25) is 23.6 Å². The summed E-state index contributed by atoms with van der Waals surface area (Å²) in [4.78, 5) is 51.4. The van der Waals surface area contributed by atoms with Gasteiger partial charge in [-0.3, -0.25) is 19.2 Å². The highest BCUT2D eigenvalue weighted by atomic mass is 16.2. The molecular weight excluding hydrogens is 432 g/mol. The Morgan fingerprint density at radius 3 is 1.24 bits per heavy atom. The molecule has 4 amide bonds. The molecule has 0 aromatic heterocycles. The van der Waals surface area contributed by atoms with Crippen LogP contribution in [-0.4, -0.2) is 73.7 Å². The molecule has 0 saturated heterocycles. The molecule has 0 aliphatic carbocycles. The first-order valence-corrected chi connectivity index (χ1v) is 13.3. The van der Waals surface area contributed by atoms with Crippen molar-refractivity contribution in [3.63, 3.8) is 0 Å². The quantitative estimate of drug-likeness (QED) is 0.193. The first kappa shape index (κ1) is 31.9. The fourth-order valence-corrected chi connectivity index (χ4v) is 3.53. The van der Waals surface area contributed by atoms with Crippen molar-refractivity contribution in [1.29, 1.82) is 0 Å². The summed E-state index contributed by atoms with van der Waals surface area (Å²) >= 11 is 0. The van der Waals surface area contributed by atoms with E-state index in [1.165, 1.54) is 38.5 Å². The van der Waals surface area contributed by atoms with Crippen LogP contribution in [0, 0.1) is 0 Å². The summed E-state index contributed by atoms with van der Waals surface area (Å²) in [6.07, 6.45) is 12.5. The molecule has 0 aromatic carbocycles. The van der Waals surface area contributed by atoms with Crippen LogP contribution in [0.5, 0.6) is 0 Å². The molecule has 0 aliphatic heterocycles. The van der Waals surface area contributed by atoms with Gasteiger partial charge in [0.15, 0.2) is 0 Å². The van der Waals surface area contributed by atoms with E-state index in [0.29, 0.717) is 39.0 Å². The van der Waals surface area contributed by atoms with Gasteiger partial charge < -0.3 is 20.4 Å². The Hall–Kier alpha value is -2.12. The van der Waals surface area contributed by atoms with Crippen molar-refractivity contribution in [2.45, 2.75) is 104 Å². The summed E-state index contributed by atoms with van der Waals surface area (Å²) < 4.78 is 0. The van der Waals surface area contributed by atoms with Gasteiger partial charge in [0, 0.05) is 40.3 Å². The number of carbonyl (C=O) groups is 4. The fraction of sp³-hybridized carbons (Fsp3) is 0.846. The zero-order valence-electron chi connectivity index (χ0n) is 22.3. The van der Waals surface area contributed by atoms with Gasteiger partial charge in [-0.1, -0.05) is 65.2 Å². The molecule has 0 heterocycles. The monoisotopic (exact) mass is 482 g/mol. The molecular formula is C26H50N4O4. The van der Waals surface area contributed by atoms with E-state index in [0.717, 1.165) is 25.7 Å². The summed E-state index contributed by atoms with van der Waals surface area (Å²) in [5.74, 6) is -0.850. The van der Waals surface area contributed by atoms with Gasteiger partial charge >= 0.3 is 0 Å². The average molecular weight is 483 g/mol. The molecule has 198 valence electrons. The second-order valence-electron chi connectivity index (χ2n) is 9.22. The van der Waals surface area contributed by atoms with Gasteiger partial charge in [0.05, 0.1) is 0 Å². The normalized spacial score (nSPS) is 10.6. The number of nitrogens with one attached hydrogen (secondary N) is 2. The van der Waals surface area contributed by atoms with Crippen LogP contribution in [0.25, 0.3) is 0 Å².